The molecule has 2 aromatic rings. The summed E-state index contributed by atoms with van der Waals surface area (Å²) in [4.78, 5) is 27.6. The second-order valence-electron chi connectivity index (χ2n) is 8.68. The van der Waals surface area contributed by atoms with E-state index in [0.717, 1.165) is 50.0 Å². The summed E-state index contributed by atoms with van der Waals surface area (Å²) in [6.45, 7) is 1.56. The largest absolute Gasteiger partial charge is 0.342 e. The van der Waals surface area contributed by atoms with Crippen LogP contribution in [0.25, 0.3) is 11.3 Å². The van der Waals surface area contributed by atoms with E-state index in [1.54, 1.807) is 10.7 Å². The Labute approximate surface area is 165 Å². The van der Waals surface area contributed by atoms with Gasteiger partial charge < -0.3 is 4.90 Å². The number of hydrogen-bond acceptors (Lipinski definition) is 3. The van der Waals surface area contributed by atoms with Crippen LogP contribution in [0.4, 0.5) is 0 Å². The summed E-state index contributed by atoms with van der Waals surface area (Å²) in [5, 5.41) is 4.78. The fourth-order valence-electron chi connectivity index (χ4n) is 5.30. The van der Waals surface area contributed by atoms with Gasteiger partial charge in [0.2, 0.25) is 5.91 Å². The minimum Gasteiger partial charge on any atom is -0.342 e. The van der Waals surface area contributed by atoms with Crippen LogP contribution in [0.15, 0.2) is 47.3 Å². The lowest BCUT2D eigenvalue weighted by Gasteiger charge is -2.48. The van der Waals surface area contributed by atoms with Crippen LogP contribution >= 0.6 is 0 Å². The molecule has 1 aromatic heterocycles. The first-order valence-corrected chi connectivity index (χ1v) is 10.6. The summed E-state index contributed by atoms with van der Waals surface area (Å²) in [6.07, 6.45) is 6.61. The zero-order valence-corrected chi connectivity index (χ0v) is 16.2. The van der Waals surface area contributed by atoms with E-state index >= 15 is 0 Å². The van der Waals surface area contributed by atoms with E-state index in [9.17, 15) is 9.59 Å². The summed E-state index contributed by atoms with van der Waals surface area (Å²) < 4.78 is 1.74. The number of amides is 1. The number of fused-ring (bicyclic) bond motifs is 2. The Balaban J connectivity index is 1.45. The molecule has 1 amide bonds. The summed E-state index contributed by atoms with van der Waals surface area (Å²) in [5.74, 6) is 1.25. The third kappa shape index (κ3) is 3.07. The van der Waals surface area contributed by atoms with Crippen LogP contribution in [0.3, 0.4) is 0 Å². The molecule has 5 rings (SSSR count). The Kier molecular flexibility index (Phi) is 4.53. The highest BCUT2D eigenvalue weighted by atomic mass is 16.2. The van der Waals surface area contributed by atoms with Gasteiger partial charge in [0.15, 0.2) is 0 Å². The van der Waals surface area contributed by atoms with Gasteiger partial charge in [0.25, 0.3) is 5.56 Å². The van der Waals surface area contributed by atoms with Gasteiger partial charge in [0.1, 0.15) is 0 Å². The first kappa shape index (κ1) is 17.7. The summed E-state index contributed by atoms with van der Waals surface area (Å²) in [6, 6.07) is 13.6. The number of carbonyl (C=O) groups excluding carboxylic acids is 1. The Morgan fingerprint density at radius 1 is 0.893 bits per heavy atom. The molecular weight excluding hydrogens is 350 g/mol. The maximum atomic E-state index is 12.8. The summed E-state index contributed by atoms with van der Waals surface area (Å²) in [7, 11) is 0. The van der Waals surface area contributed by atoms with E-state index in [1.807, 2.05) is 36.4 Å². The highest BCUT2D eigenvalue weighted by Gasteiger charge is 2.44. The SMILES string of the molecule is O=C(C1CCC1)N1C[C@H]2CCC[C@@H](C1)C2n1nc(-c2ccccc2)ccc1=O. The van der Waals surface area contributed by atoms with Gasteiger partial charge in [-0.25, -0.2) is 4.68 Å². The molecule has 2 heterocycles. The number of likely N-dealkylation sites (tertiary alicyclic amines) is 1. The second kappa shape index (κ2) is 7.19. The topological polar surface area (TPSA) is 55.2 Å². The molecule has 2 bridgehead atoms. The van der Waals surface area contributed by atoms with Crippen molar-refractivity contribution < 1.29 is 4.79 Å². The van der Waals surface area contributed by atoms with Crippen molar-refractivity contribution >= 4 is 5.91 Å². The second-order valence-corrected chi connectivity index (χ2v) is 8.68. The van der Waals surface area contributed by atoms with E-state index in [4.69, 9.17) is 5.10 Å². The molecule has 1 unspecified atom stereocenters. The molecule has 3 aliphatic rings. The Bertz CT molecular complexity index is 905. The smallest absolute Gasteiger partial charge is 0.267 e. The lowest BCUT2D eigenvalue weighted by Crippen LogP contribution is -2.54. The molecule has 3 atom stereocenters. The van der Waals surface area contributed by atoms with Crippen molar-refractivity contribution in [2.45, 2.75) is 44.6 Å². The zero-order chi connectivity index (χ0) is 19.1. The average molecular weight is 377 g/mol. The van der Waals surface area contributed by atoms with E-state index in [0.29, 0.717) is 17.7 Å². The molecule has 2 aliphatic carbocycles. The predicted octanol–water partition coefficient (Wildman–Crippen LogP) is 3.51. The molecule has 2 saturated carbocycles. The van der Waals surface area contributed by atoms with Gasteiger partial charge in [0, 0.05) is 30.6 Å². The van der Waals surface area contributed by atoms with Gasteiger partial charge >= 0.3 is 0 Å². The molecule has 1 aromatic carbocycles. The molecule has 28 heavy (non-hydrogen) atoms. The van der Waals surface area contributed by atoms with Crippen molar-refractivity contribution in [3.05, 3.63) is 52.8 Å². The number of nitrogens with zero attached hydrogens (tertiary/aromatic N) is 3. The number of aromatic nitrogens is 2. The normalized spacial score (nSPS) is 27.3. The molecule has 0 spiro atoms. The Morgan fingerprint density at radius 2 is 1.57 bits per heavy atom. The summed E-state index contributed by atoms with van der Waals surface area (Å²) >= 11 is 0. The quantitative estimate of drug-likeness (QED) is 0.822. The van der Waals surface area contributed by atoms with Crippen molar-refractivity contribution in [3.8, 4) is 11.3 Å². The zero-order valence-electron chi connectivity index (χ0n) is 16.2. The number of rotatable bonds is 3. The van der Waals surface area contributed by atoms with Crippen LogP contribution in [0.2, 0.25) is 0 Å². The third-order valence-corrected chi connectivity index (χ3v) is 6.97. The van der Waals surface area contributed by atoms with Gasteiger partial charge in [-0.2, -0.15) is 5.10 Å². The van der Waals surface area contributed by atoms with Crippen LogP contribution < -0.4 is 5.56 Å². The monoisotopic (exact) mass is 377 g/mol. The van der Waals surface area contributed by atoms with Gasteiger partial charge in [-0.1, -0.05) is 43.2 Å². The van der Waals surface area contributed by atoms with Crippen molar-refractivity contribution in [2.75, 3.05) is 13.1 Å². The van der Waals surface area contributed by atoms with E-state index in [1.165, 1.54) is 12.8 Å². The van der Waals surface area contributed by atoms with Crippen LogP contribution in [0, 0.1) is 17.8 Å². The number of hydrogen-bond donors (Lipinski definition) is 0. The molecule has 0 N–H and O–H groups in total. The van der Waals surface area contributed by atoms with Gasteiger partial charge in [-0.05, 0) is 43.6 Å². The van der Waals surface area contributed by atoms with Crippen molar-refractivity contribution in [1.82, 2.24) is 14.7 Å². The molecule has 0 radical (unpaired) electrons. The van der Waals surface area contributed by atoms with Crippen molar-refractivity contribution in [2.24, 2.45) is 17.8 Å². The predicted molar refractivity (Wildman–Crippen MR) is 108 cm³/mol. The van der Waals surface area contributed by atoms with Crippen LogP contribution in [0.5, 0.6) is 0 Å². The standard InChI is InChI=1S/C23H27N3O2/c27-21-13-12-20(16-6-2-1-3-7-16)24-26(21)22-18-10-5-11-19(22)15-25(14-18)23(28)17-8-4-9-17/h1-3,6-7,12-13,17-19,22H,4-5,8-11,14-15H2/t18-,19+,22?. The summed E-state index contributed by atoms with van der Waals surface area (Å²) in [5.41, 5.74) is 1.84. The molecule has 1 saturated heterocycles. The highest BCUT2D eigenvalue weighted by Crippen LogP contribution is 2.43. The van der Waals surface area contributed by atoms with Crippen LogP contribution in [0.1, 0.15) is 44.6 Å². The lowest BCUT2D eigenvalue weighted by molar-refractivity contribution is -0.143. The Hall–Kier alpha value is -2.43. The Morgan fingerprint density at radius 3 is 2.21 bits per heavy atom. The van der Waals surface area contributed by atoms with Gasteiger partial charge in [-0.3, -0.25) is 9.59 Å². The fraction of sp³-hybridized carbons (Fsp3) is 0.522. The maximum Gasteiger partial charge on any atom is 0.267 e. The third-order valence-electron chi connectivity index (χ3n) is 6.97. The van der Waals surface area contributed by atoms with Crippen molar-refractivity contribution in [3.63, 3.8) is 0 Å². The first-order chi connectivity index (χ1) is 13.7. The van der Waals surface area contributed by atoms with E-state index in [-0.39, 0.29) is 17.5 Å². The van der Waals surface area contributed by atoms with Crippen molar-refractivity contribution in [1.29, 1.82) is 0 Å². The molecule has 3 fully saturated rings. The fourth-order valence-corrected chi connectivity index (χ4v) is 5.30. The number of benzene rings is 1. The van der Waals surface area contributed by atoms with Crippen LogP contribution in [-0.4, -0.2) is 33.7 Å². The van der Waals surface area contributed by atoms with E-state index < -0.39 is 0 Å². The minimum atomic E-state index is -0.0275. The van der Waals surface area contributed by atoms with E-state index in [2.05, 4.69) is 4.90 Å². The maximum absolute atomic E-state index is 12.8. The molecule has 146 valence electrons. The van der Waals surface area contributed by atoms with Gasteiger partial charge in [0.05, 0.1) is 11.7 Å². The number of piperidine rings is 1. The average Bonchev–Trinajstić information content (AvgIpc) is 2.67. The molecule has 1 aliphatic heterocycles. The molecular formula is C23H27N3O2. The highest BCUT2D eigenvalue weighted by molar-refractivity contribution is 5.79. The minimum absolute atomic E-state index is 0.0275. The molecule has 5 nitrogen and oxygen atoms in total. The first-order valence-electron chi connectivity index (χ1n) is 10.6. The lowest BCUT2D eigenvalue weighted by atomic mass is 9.72. The molecule has 5 heteroatoms. The number of carbonyl (C=O) groups is 1. The van der Waals surface area contributed by atoms with Gasteiger partial charge in [-0.15, -0.1) is 0 Å². The van der Waals surface area contributed by atoms with Crippen LogP contribution in [-0.2, 0) is 4.79 Å².